The summed E-state index contributed by atoms with van der Waals surface area (Å²) in [6.45, 7) is 2.83. The van der Waals surface area contributed by atoms with Gasteiger partial charge in [0.25, 0.3) is 0 Å². The molecule has 0 saturated heterocycles. The van der Waals surface area contributed by atoms with Crippen molar-refractivity contribution in [2.24, 2.45) is 5.92 Å². The van der Waals surface area contributed by atoms with Crippen LogP contribution in [0.2, 0.25) is 0 Å². The van der Waals surface area contributed by atoms with Crippen molar-refractivity contribution >= 4 is 23.7 Å². The van der Waals surface area contributed by atoms with Crippen LogP contribution in [0, 0.1) is 5.92 Å². The molecule has 1 heterocycles. The summed E-state index contributed by atoms with van der Waals surface area (Å²) in [5, 5.41) is 0.372. The van der Waals surface area contributed by atoms with E-state index in [1.807, 2.05) is 0 Å². The van der Waals surface area contributed by atoms with E-state index >= 15 is 0 Å². The average Bonchev–Trinajstić information content (AvgIpc) is 3.22. The Morgan fingerprint density at radius 3 is 2.18 bits per heavy atom. The van der Waals surface area contributed by atoms with Gasteiger partial charge in [0.2, 0.25) is 6.79 Å². The zero-order chi connectivity index (χ0) is 24.0. The highest BCUT2D eigenvalue weighted by molar-refractivity contribution is 7.99. The molecule has 7 nitrogen and oxygen atoms in total. The van der Waals surface area contributed by atoms with Crippen LogP contribution >= 0.6 is 11.8 Å². The number of nitrogens with one attached hydrogen (secondary N) is 1. The Labute approximate surface area is 191 Å². The van der Waals surface area contributed by atoms with Crippen LogP contribution in [0.1, 0.15) is 24.3 Å². The fourth-order valence-corrected chi connectivity index (χ4v) is 3.41. The van der Waals surface area contributed by atoms with Gasteiger partial charge in [-0.05, 0) is 35.4 Å². The number of ether oxygens (including phenoxy) is 3. The SMILES string of the molecule is CC(C)C(=O)OCOC(=O)c1[nH]cnc1Sc1ccc(-c2ccc(OC(F)(F)F)cc2)cc1. The fraction of sp³-hybridized carbons (Fsp3) is 0.227. The molecule has 2 aromatic carbocycles. The van der Waals surface area contributed by atoms with Gasteiger partial charge >= 0.3 is 18.3 Å². The van der Waals surface area contributed by atoms with Gasteiger partial charge in [0.15, 0.2) is 5.69 Å². The molecule has 0 radical (unpaired) electrons. The molecule has 0 aliphatic carbocycles. The molecule has 174 valence electrons. The minimum absolute atomic E-state index is 0.116. The number of rotatable bonds is 8. The normalized spacial score (nSPS) is 11.3. The minimum Gasteiger partial charge on any atom is -0.428 e. The Morgan fingerprint density at radius 1 is 1.00 bits per heavy atom. The highest BCUT2D eigenvalue weighted by atomic mass is 32.2. The zero-order valence-electron chi connectivity index (χ0n) is 17.5. The lowest BCUT2D eigenvalue weighted by atomic mass is 10.1. The van der Waals surface area contributed by atoms with Crippen LogP contribution in [-0.4, -0.2) is 35.1 Å². The summed E-state index contributed by atoms with van der Waals surface area (Å²) in [4.78, 5) is 31.3. The number of hydrogen-bond acceptors (Lipinski definition) is 7. The van der Waals surface area contributed by atoms with Crippen molar-refractivity contribution in [2.75, 3.05) is 6.79 Å². The number of esters is 2. The predicted molar refractivity (Wildman–Crippen MR) is 112 cm³/mol. The number of alkyl halides is 3. The molecule has 0 saturated carbocycles. The van der Waals surface area contributed by atoms with E-state index < -0.39 is 25.1 Å². The summed E-state index contributed by atoms with van der Waals surface area (Å²) < 4.78 is 50.5. The first-order chi connectivity index (χ1) is 15.6. The van der Waals surface area contributed by atoms with Crippen LogP contribution in [0.25, 0.3) is 11.1 Å². The van der Waals surface area contributed by atoms with Gasteiger partial charge in [-0.15, -0.1) is 13.2 Å². The third-order valence-electron chi connectivity index (χ3n) is 4.16. The fourth-order valence-electron chi connectivity index (χ4n) is 2.56. The summed E-state index contributed by atoms with van der Waals surface area (Å²) >= 11 is 1.21. The van der Waals surface area contributed by atoms with Crippen LogP contribution in [0.15, 0.2) is 64.8 Å². The van der Waals surface area contributed by atoms with E-state index in [9.17, 15) is 22.8 Å². The van der Waals surface area contributed by atoms with E-state index in [4.69, 9.17) is 9.47 Å². The molecule has 3 rings (SSSR count). The largest absolute Gasteiger partial charge is 0.573 e. The first kappa shape index (κ1) is 24.2. The number of benzene rings is 2. The van der Waals surface area contributed by atoms with Crippen LogP contribution in [0.3, 0.4) is 0 Å². The van der Waals surface area contributed by atoms with Crippen molar-refractivity contribution in [1.82, 2.24) is 9.97 Å². The van der Waals surface area contributed by atoms with E-state index in [2.05, 4.69) is 14.7 Å². The van der Waals surface area contributed by atoms with Gasteiger partial charge in [-0.1, -0.05) is 49.9 Å². The summed E-state index contributed by atoms with van der Waals surface area (Å²) in [7, 11) is 0. The van der Waals surface area contributed by atoms with Gasteiger partial charge in [0.05, 0.1) is 12.2 Å². The smallest absolute Gasteiger partial charge is 0.428 e. The lowest BCUT2D eigenvalue weighted by molar-refractivity contribution is -0.274. The van der Waals surface area contributed by atoms with E-state index in [-0.39, 0.29) is 17.4 Å². The highest BCUT2D eigenvalue weighted by Gasteiger charge is 2.31. The van der Waals surface area contributed by atoms with Crippen molar-refractivity contribution in [3.8, 4) is 16.9 Å². The molecular formula is C22H19F3N2O5S. The first-order valence-corrected chi connectivity index (χ1v) is 10.5. The summed E-state index contributed by atoms with van der Waals surface area (Å²) in [5.74, 6) is -1.83. The second-order valence-corrected chi connectivity index (χ2v) is 8.01. The van der Waals surface area contributed by atoms with Crippen molar-refractivity contribution in [1.29, 1.82) is 0 Å². The minimum atomic E-state index is -4.74. The molecule has 0 aliphatic heterocycles. The maximum atomic E-state index is 12.3. The van der Waals surface area contributed by atoms with Crippen LogP contribution in [0.5, 0.6) is 5.75 Å². The molecule has 0 fully saturated rings. The maximum Gasteiger partial charge on any atom is 0.573 e. The lowest BCUT2D eigenvalue weighted by Gasteiger charge is -2.10. The molecule has 0 bridgehead atoms. The average molecular weight is 480 g/mol. The highest BCUT2D eigenvalue weighted by Crippen LogP contribution is 2.31. The third kappa shape index (κ3) is 7.01. The topological polar surface area (TPSA) is 90.5 Å². The van der Waals surface area contributed by atoms with Crippen molar-refractivity contribution in [3.63, 3.8) is 0 Å². The molecule has 1 N–H and O–H groups in total. The molecular weight excluding hydrogens is 461 g/mol. The number of carbonyl (C=O) groups is 2. The number of nitrogens with zero attached hydrogens (tertiary/aromatic N) is 1. The lowest BCUT2D eigenvalue weighted by Crippen LogP contribution is -2.17. The standard InChI is InChI=1S/C22H19F3N2O5S/c1-13(2)20(28)30-12-31-21(29)18-19(27-11-26-18)33-17-9-5-15(6-10-17)14-3-7-16(8-4-14)32-22(23,24)25/h3-11,13H,12H2,1-2H3,(H,26,27). The molecule has 33 heavy (non-hydrogen) atoms. The van der Waals surface area contributed by atoms with Crippen LogP contribution < -0.4 is 4.74 Å². The van der Waals surface area contributed by atoms with Crippen LogP contribution in [-0.2, 0) is 14.3 Å². The van der Waals surface area contributed by atoms with Gasteiger partial charge in [0.1, 0.15) is 10.8 Å². The number of aromatic amines is 1. The molecule has 11 heteroatoms. The molecule has 1 aromatic heterocycles. The van der Waals surface area contributed by atoms with Gasteiger partial charge < -0.3 is 19.2 Å². The van der Waals surface area contributed by atoms with E-state index in [1.165, 1.54) is 42.4 Å². The van der Waals surface area contributed by atoms with Crippen LogP contribution in [0.4, 0.5) is 13.2 Å². The van der Waals surface area contributed by atoms with E-state index in [0.29, 0.717) is 10.6 Å². The molecule has 0 unspecified atom stereocenters. The number of halogens is 3. The summed E-state index contributed by atoms with van der Waals surface area (Å²) in [6.07, 6.45) is -3.39. The molecule has 0 amide bonds. The monoisotopic (exact) mass is 480 g/mol. The Hall–Kier alpha value is -3.47. The second-order valence-electron chi connectivity index (χ2n) is 6.95. The number of aromatic nitrogens is 2. The first-order valence-electron chi connectivity index (χ1n) is 9.63. The molecule has 0 aliphatic rings. The Morgan fingerprint density at radius 2 is 1.61 bits per heavy atom. The number of carbonyl (C=O) groups excluding carboxylic acids is 2. The van der Waals surface area contributed by atoms with E-state index in [1.54, 1.807) is 38.1 Å². The summed E-state index contributed by atoms with van der Waals surface area (Å²) in [6, 6.07) is 12.7. The third-order valence-corrected chi connectivity index (χ3v) is 5.17. The van der Waals surface area contributed by atoms with Gasteiger partial charge in [-0.3, -0.25) is 4.79 Å². The number of hydrogen-bond donors (Lipinski definition) is 1. The Kier molecular flexibility index (Phi) is 7.64. The molecule has 0 atom stereocenters. The van der Waals surface area contributed by atoms with Crippen molar-refractivity contribution in [3.05, 3.63) is 60.6 Å². The predicted octanol–water partition coefficient (Wildman–Crippen LogP) is 5.44. The Balaban J connectivity index is 1.61. The summed E-state index contributed by atoms with van der Waals surface area (Å²) in [5.41, 5.74) is 1.61. The number of H-pyrrole nitrogens is 1. The Bertz CT molecular complexity index is 1100. The second kappa shape index (κ2) is 10.4. The van der Waals surface area contributed by atoms with Crippen molar-refractivity contribution < 1.29 is 37.0 Å². The van der Waals surface area contributed by atoms with Gasteiger partial charge in [-0.25, -0.2) is 9.78 Å². The van der Waals surface area contributed by atoms with Gasteiger partial charge in [-0.2, -0.15) is 0 Å². The number of imidazole rings is 1. The zero-order valence-corrected chi connectivity index (χ0v) is 18.3. The molecule has 0 spiro atoms. The van der Waals surface area contributed by atoms with Crippen molar-refractivity contribution in [2.45, 2.75) is 30.1 Å². The quantitative estimate of drug-likeness (QED) is 0.339. The van der Waals surface area contributed by atoms with E-state index in [0.717, 1.165) is 10.5 Å². The maximum absolute atomic E-state index is 12.3. The molecule has 3 aromatic rings. The van der Waals surface area contributed by atoms with Gasteiger partial charge in [0, 0.05) is 4.90 Å².